The highest BCUT2D eigenvalue weighted by Crippen LogP contribution is 2.42. The molecule has 1 aliphatic heterocycles. The number of allylic oxidation sites excluding steroid dienone is 1. The van der Waals surface area contributed by atoms with E-state index in [1.807, 2.05) is 43.3 Å². The summed E-state index contributed by atoms with van der Waals surface area (Å²) in [6.07, 6.45) is 3.33. The molecule has 1 heterocycles. The Morgan fingerprint density at radius 1 is 1.50 bits per heavy atom. The van der Waals surface area contributed by atoms with Crippen LogP contribution < -0.4 is 0 Å². The first-order chi connectivity index (χ1) is 7.67. The number of rotatable bonds is 5. The van der Waals surface area contributed by atoms with Crippen molar-refractivity contribution in [3.63, 3.8) is 0 Å². The van der Waals surface area contributed by atoms with E-state index in [0.717, 1.165) is 18.4 Å². The van der Waals surface area contributed by atoms with Crippen molar-refractivity contribution in [1.29, 1.82) is 0 Å². The molecule has 1 unspecified atom stereocenters. The van der Waals surface area contributed by atoms with E-state index in [1.54, 1.807) is 0 Å². The molecule has 16 heavy (non-hydrogen) atoms. The van der Waals surface area contributed by atoms with Crippen LogP contribution in [0.3, 0.4) is 0 Å². The molecule has 0 saturated carbocycles. The largest absolute Gasteiger partial charge is 0.358 e. The van der Waals surface area contributed by atoms with Gasteiger partial charge in [0.1, 0.15) is 11.7 Å². The summed E-state index contributed by atoms with van der Waals surface area (Å²) in [5.74, 6) is 0.0900. The molecular weight excluding hydrogens is 200 g/mol. The van der Waals surface area contributed by atoms with E-state index in [9.17, 15) is 4.79 Å². The zero-order valence-corrected chi connectivity index (χ0v) is 9.48. The first-order valence-corrected chi connectivity index (χ1v) is 5.55. The van der Waals surface area contributed by atoms with Crippen LogP contribution in [0.2, 0.25) is 0 Å². The molecule has 1 fully saturated rings. The molecule has 0 bridgehead atoms. The van der Waals surface area contributed by atoms with Crippen LogP contribution in [-0.2, 0) is 4.74 Å². The Morgan fingerprint density at radius 2 is 2.19 bits per heavy atom. The smallest absolute Gasteiger partial charge is 0.194 e. The number of carbonyl (C=O) groups is 1. The minimum absolute atomic E-state index is 0.0900. The highest BCUT2D eigenvalue weighted by Gasteiger charge is 2.55. The van der Waals surface area contributed by atoms with Gasteiger partial charge in [0.15, 0.2) is 5.78 Å². The minimum Gasteiger partial charge on any atom is -0.358 e. The maximum Gasteiger partial charge on any atom is 0.194 e. The molecule has 1 aromatic carbocycles. The van der Waals surface area contributed by atoms with Gasteiger partial charge in [-0.1, -0.05) is 36.4 Å². The Hall–Kier alpha value is -1.41. The zero-order valence-electron chi connectivity index (χ0n) is 9.48. The van der Waals surface area contributed by atoms with Gasteiger partial charge in [-0.2, -0.15) is 0 Å². The molecule has 2 rings (SSSR count). The molecule has 0 spiro atoms. The van der Waals surface area contributed by atoms with Crippen LogP contribution in [0.25, 0.3) is 0 Å². The number of ketones is 1. The maximum atomic E-state index is 12.0. The summed E-state index contributed by atoms with van der Waals surface area (Å²) >= 11 is 0. The summed E-state index contributed by atoms with van der Waals surface area (Å²) in [6.45, 7) is 5.67. The van der Waals surface area contributed by atoms with Crippen molar-refractivity contribution in [3.8, 4) is 0 Å². The molecule has 0 radical (unpaired) electrons. The number of epoxide rings is 1. The summed E-state index contributed by atoms with van der Waals surface area (Å²) in [5, 5.41) is 0. The van der Waals surface area contributed by atoms with Crippen LogP contribution in [0.4, 0.5) is 0 Å². The van der Waals surface area contributed by atoms with Crippen molar-refractivity contribution in [2.24, 2.45) is 0 Å². The van der Waals surface area contributed by atoms with E-state index in [0.29, 0.717) is 0 Å². The van der Waals surface area contributed by atoms with Crippen molar-refractivity contribution in [3.05, 3.63) is 48.6 Å². The summed E-state index contributed by atoms with van der Waals surface area (Å²) in [4.78, 5) is 12.0. The fourth-order valence-electron chi connectivity index (χ4n) is 1.90. The van der Waals surface area contributed by atoms with Gasteiger partial charge in [0, 0.05) is 5.56 Å². The maximum absolute atomic E-state index is 12.0. The second-order valence-corrected chi connectivity index (χ2v) is 4.37. The molecule has 1 aromatic rings. The summed E-state index contributed by atoms with van der Waals surface area (Å²) in [7, 11) is 0. The van der Waals surface area contributed by atoms with E-state index in [4.69, 9.17) is 4.74 Å². The molecule has 0 N–H and O–H groups in total. The lowest BCUT2D eigenvalue weighted by Gasteiger charge is -2.03. The van der Waals surface area contributed by atoms with Crippen LogP contribution in [-0.4, -0.2) is 17.5 Å². The Kier molecular flexibility index (Phi) is 2.92. The Bertz CT molecular complexity index is 396. The minimum atomic E-state index is -0.277. The Labute approximate surface area is 95.9 Å². The molecule has 0 amide bonds. The van der Waals surface area contributed by atoms with Crippen LogP contribution in [0.1, 0.15) is 30.1 Å². The second-order valence-electron chi connectivity index (χ2n) is 4.37. The Morgan fingerprint density at radius 3 is 2.81 bits per heavy atom. The molecule has 0 aromatic heterocycles. The van der Waals surface area contributed by atoms with Gasteiger partial charge in [-0.25, -0.2) is 0 Å². The Balaban J connectivity index is 2.02. The average molecular weight is 216 g/mol. The third-order valence-corrected chi connectivity index (χ3v) is 3.03. The first kappa shape index (κ1) is 11.1. The van der Waals surface area contributed by atoms with Crippen molar-refractivity contribution in [2.75, 3.05) is 0 Å². The van der Waals surface area contributed by atoms with Crippen molar-refractivity contribution in [2.45, 2.75) is 31.5 Å². The standard InChI is InChI=1S/C14H16O2/c1-3-4-10-14(2)13(16-14)12(15)11-8-6-5-7-9-11/h3,5-9,13H,1,4,10H2,2H3/t13?,14-/m0/s1. The lowest BCUT2D eigenvalue weighted by atomic mass is 9.96. The molecule has 1 saturated heterocycles. The highest BCUT2D eigenvalue weighted by molar-refractivity contribution is 6.01. The third kappa shape index (κ3) is 2.07. The normalized spacial score (nSPS) is 27.4. The molecular formula is C14H16O2. The number of carbonyl (C=O) groups excluding carboxylic acids is 1. The molecule has 1 aliphatic rings. The zero-order chi connectivity index (χ0) is 11.6. The van der Waals surface area contributed by atoms with Gasteiger partial charge in [-0.15, -0.1) is 6.58 Å². The van der Waals surface area contributed by atoms with E-state index >= 15 is 0 Å². The molecule has 84 valence electrons. The van der Waals surface area contributed by atoms with Crippen LogP contribution >= 0.6 is 0 Å². The van der Waals surface area contributed by atoms with Gasteiger partial charge >= 0.3 is 0 Å². The number of hydrogen-bond donors (Lipinski definition) is 0. The number of ether oxygens (including phenoxy) is 1. The van der Waals surface area contributed by atoms with E-state index < -0.39 is 0 Å². The van der Waals surface area contributed by atoms with Gasteiger partial charge in [0.25, 0.3) is 0 Å². The molecule has 0 aliphatic carbocycles. The predicted molar refractivity (Wildman–Crippen MR) is 63.5 cm³/mol. The summed E-state index contributed by atoms with van der Waals surface area (Å²) in [6, 6.07) is 9.31. The SMILES string of the molecule is C=CCC[C@]1(C)OC1C(=O)c1ccccc1. The van der Waals surface area contributed by atoms with Gasteiger partial charge in [-0.3, -0.25) is 4.79 Å². The van der Waals surface area contributed by atoms with Gasteiger partial charge < -0.3 is 4.74 Å². The molecule has 2 atom stereocenters. The monoisotopic (exact) mass is 216 g/mol. The van der Waals surface area contributed by atoms with E-state index in [2.05, 4.69) is 6.58 Å². The number of hydrogen-bond acceptors (Lipinski definition) is 2. The lowest BCUT2D eigenvalue weighted by Crippen LogP contribution is -2.17. The van der Waals surface area contributed by atoms with Gasteiger partial charge in [-0.05, 0) is 19.8 Å². The van der Waals surface area contributed by atoms with Gasteiger partial charge in [0.2, 0.25) is 0 Å². The van der Waals surface area contributed by atoms with Crippen LogP contribution in [0, 0.1) is 0 Å². The number of benzene rings is 1. The molecule has 2 heteroatoms. The topological polar surface area (TPSA) is 29.6 Å². The molecule has 2 nitrogen and oxygen atoms in total. The number of Topliss-reactive ketones (excluding diaryl/α,β-unsaturated/α-hetero) is 1. The second kappa shape index (κ2) is 4.22. The fourth-order valence-corrected chi connectivity index (χ4v) is 1.90. The van der Waals surface area contributed by atoms with E-state index in [-0.39, 0.29) is 17.5 Å². The summed E-state index contributed by atoms with van der Waals surface area (Å²) in [5.41, 5.74) is 0.455. The lowest BCUT2D eigenvalue weighted by molar-refractivity contribution is 0.0953. The quantitative estimate of drug-likeness (QED) is 0.430. The van der Waals surface area contributed by atoms with Crippen molar-refractivity contribution < 1.29 is 9.53 Å². The van der Waals surface area contributed by atoms with Crippen LogP contribution in [0.15, 0.2) is 43.0 Å². The highest BCUT2D eigenvalue weighted by atomic mass is 16.6. The first-order valence-electron chi connectivity index (χ1n) is 5.55. The van der Waals surface area contributed by atoms with Gasteiger partial charge in [0.05, 0.1) is 0 Å². The van der Waals surface area contributed by atoms with E-state index in [1.165, 1.54) is 0 Å². The average Bonchev–Trinajstić information content (AvgIpc) is 3.00. The predicted octanol–water partition coefficient (Wildman–Crippen LogP) is 2.99. The third-order valence-electron chi connectivity index (χ3n) is 3.03. The van der Waals surface area contributed by atoms with Crippen molar-refractivity contribution >= 4 is 5.78 Å². The van der Waals surface area contributed by atoms with Crippen molar-refractivity contribution in [1.82, 2.24) is 0 Å². The summed E-state index contributed by atoms with van der Waals surface area (Å²) < 4.78 is 5.53. The fraction of sp³-hybridized carbons (Fsp3) is 0.357. The van der Waals surface area contributed by atoms with Crippen LogP contribution in [0.5, 0.6) is 0 Å².